The number of nitrogens with zero attached hydrogens (tertiary/aromatic N) is 3. The lowest BCUT2D eigenvalue weighted by Crippen LogP contribution is -2.37. The molecule has 1 aromatic rings. The normalized spacial score (nSPS) is 20.6. The topological polar surface area (TPSA) is 85.6 Å². The first-order chi connectivity index (χ1) is 12.2. The second kappa shape index (κ2) is 8.02. The number of hydrazine groups is 1. The van der Waals surface area contributed by atoms with E-state index in [0.717, 1.165) is 29.7 Å². The summed E-state index contributed by atoms with van der Waals surface area (Å²) in [7, 11) is 0. The average molecular weight is 448 g/mol. The van der Waals surface area contributed by atoms with Crippen LogP contribution >= 0.6 is 22.6 Å². The van der Waals surface area contributed by atoms with Gasteiger partial charge < -0.3 is 5.11 Å². The van der Waals surface area contributed by atoms with Gasteiger partial charge in [0.1, 0.15) is 5.75 Å². The van der Waals surface area contributed by atoms with Crippen LogP contribution in [0.3, 0.4) is 0 Å². The first-order valence-electron chi connectivity index (χ1n) is 8.47. The molecule has 2 aliphatic rings. The Labute approximate surface area is 161 Å². The largest absolute Gasteiger partial charge is 0.508 e. The summed E-state index contributed by atoms with van der Waals surface area (Å²) in [5.41, 5.74) is 3.57. The molecule has 0 aromatic heterocycles. The summed E-state index contributed by atoms with van der Waals surface area (Å²) < 4.78 is 0.571. The van der Waals surface area contributed by atoms with Crippen LogP contribution in [0.25, 0.3) is 5.57 Å². The number of phenols is 1. The smallest absolute Gasteiger partial charge is 0.161 e. The number of hydrogen-bond acceptors (Lipinski definition) is 5. The second-order valence-corrected chi connectivity index (χ2v) is 7.12. The molecule has 0 bridgehead atoms. The fourth-order valence-electron chi connectivity index (χ4n) is 3.52. The zero-order valence-electron chi connectivity index (χ0n) is 14.0. The molecule has 0 unspecified atom stereocenters. The molecule has 1 aliphatic carbocycles. The predicted octanol–water partition coefficient (Wildman–Crippen LogP) is 4.11. The Morgan fingerprint density at radius 2 is 1.96 bits per heavy atom. The third-order valence-electron chi connectivity index (χ3n) is 4.79. The van der Waals surface area contributed by atoms with E-state index in [4.69, 9.17) is 5.84 Å². The zero-order chi connectivity index (χ0) is 17.8. The van der Waals surface area contributed by atoms with Gasteiger partial charge in [-0.25, -0.2) is 10.8 Å². The Bertz CT molecular complexity index is 768. The lowest BCUT2D eigenvalue weighted by Gasteiger charge is -2.35. The summed E-state index contributed by atoms with van der Waals surface area (Å²) in [5.74, 6) is 7.60. The summed E-state index contributed by atoms with van der Waals surface area (Å²) in [5, 5.41) is 20.6. The van der Waals surface area contributed by atoms with Gasteiger partial charge in [-0.15, -0.1) is 0 Å². The Hall–Kier alpha value is -1.85. The molecule has 6 heteroatoms. The van der Waals surface area contributed by atoms with Gasteiger partial charge in [0.2, 0.25) is 0 Å². The van der Waals surface area contributed by atoms with E-state index < -0.39 is 0 Å². The fraction of sp³-hybridized carbons (Fsp3) is 0.368. The number of hydrogen-bond donors (Lipinski definition) is 2. The molecule has 3 N–H and O–H groups in total. The van der Waals surface area contributed by atoms with Crippen LogP contribution in [0.1, 0.15) is 37.7 Å². The highest BCUT2D eigenvalue weighted by Gasteiger charge is 2.29. The molecule has 1 fully saturated rings. The van der Waals surface area contributed by atoms with Gasteiger partial charge in [0.15, 0.2) is 5.82 Å². The van der Waals surface area contributed by atoms with Gasteiger partial charge in [-0.05, 0) is 30.5 Å². The molecule has 0 spiro atoms. The van der Waals surface area contributed by atoms with Crippen molar-refractivity contribution in [3.05, 3.63) is 46.9 Å². The molecule has 0 radical (unpaired) electrons. The first kappa shape index (κ1) is 18.0. The van der Waals surface area contributed by atoms with Crippen molar-refractivity contribution in [1.82, 2.24) is 5.01 Å². The van der Waals surface area contributed by atoms with E-state index in [1.807, 2.05) is 18.3 Å². The molecule has 130 valence electrons. The number of aliphatic imine (C=N–C) groups is 1. The maximum Gasteiger partial charge on any atom is 0.161 e. The maximum absolute atomic E-state index is 9.57. The zero-order valence-corrected chi connectivity index (χ0v) is 16.1. The van der Waals surface area contributed by atoms with E-state index >= 15 is 0 Å². The third-order valence-corrected chi connectivity index (χ3v) is 5.55. The van der Waals surface area contributed by atoms with Gasteiger partial charge in [-0.2, -0.15) is 5.26 Å². The summed E-state index contributed by atoms with van der Waals surface area (Å²) in [6.45, 7) is 0. The molecule has 1 heterocycles. The van der Waals surface area contributed by atoms with Crippen LogP contribution in [0.15, 0.2) is 46.3 Å². The van der Waals surface area contributed by atoms with Crippen LogP contribution < -0.4 is 5.84 Å². The highest BCUT2D eigenvalue weighted by Crippen LogP contribution is 2.38. The summed E-state index contributed by atoms with van der Waals surface area (Å²) >= 11 is 2.16. The number of phenolic OH excluding ortho intramolecular Hbond substituents is 1. The highest BCUT2D eigenvalue weighted by molar-refractivity contribution is 14.1. The van der Waals surface area contributed by atoms with E-state index in [1.165, 1.54) is 19.3 Å². The van der Waals surface area contributed by atoms with Crippen molar-refractivity contribution in [2.24, 2.45) is 16.8 Å². The average Bonchev–Trinajstić information content (AvgIpc) is 2.65. The van der Waals surface area contributed by atoms with Gasteiger partial charge in [-0.1, -0.05) is 54.0 Å². The molecule has 0 amide bonds. The monoisotopic (exact) mass is 448 g/mol. The van der Waals surface area contributed by atoms with E-state index in [0.29, 0.717) is 21.7 Å². The third kappa shape index (κ3) is 3.72. The molecule has 1 saturated carbocycles. The van der Waals surface area contributed by atoms with E-state index in [-0.39, 0.29) is 5.75 Å². The van der Waals surface area contributed by atoms with Crippen molar-refractivity contribution in [3.63, 3.8) is 0 Å². The molecule has 3 rings (SSSR count). The summed E-state index contributed by atoms with van der Waals surface area (Å²) in [6, 6.07) is 9.33. The lowest BCUT2D eigenvalue weighted by atomic mass is 9.83. The SMILES string of the molecule is N#C/C(CI)=C1\N=CC(c2ccc(O)cc2)=C(C2CCCCC2)N1N. The van der Waals surface area contributed by atoms with Crippen molar-refractivity contribution >= 4 is 34.4 Å². The Morgan fingerprint density at radius 1 is 1.28 bits per heavy atom. The number of halogens is 1. The molecule has 0 atom stereocenters. The Morgan fingerprint density at radius 3 is 2.56 bits per heavy atom. The highest BCUT2D eigenvalue weighted by atomic mass is 127. The van der Waals surface area contributed by atoms with Crippen molar-refractivity contribution in [2.75, 3.05) is 4.43 Å². The van der Waals surface area contributed by atoms with Crippen LogP contribution in [-0.2, 0) is 0 Å². The van der Waals surface area contributed by atoms with Gasteiger partial charge in [-0.3, -0.25) is 5.01 Å². The predicted molar refractivity (Wildman–Crippen MR) is 108 cm³/mol. The number of alkyl halides is 1. The number of benzene rings is 1. The van der Waals surface area contributed by atoms with E-state index in [9.17, 15) is 10.4 Å². The van der Waals surface area contributed by atoms with Crippen LogP contribution in [0.4, 0.5) is 0 Å². The molecule has 1 aromatic carbocycles. The summed E-state index contributed by atoms with van der Waals surface area (Å²) in [6.07, 6.45) is 7.65. The van der Waals surface area contributed by atoms with E-state index in [2.05, 4.69) is 33.7 Å². The van der Waals surface area contributed by atoms with Crippen LogP contribution in [0.5, 0.6) is 5.75 Å². The number of nitrogens with two attached hydrogens (primary N) is 1. The van der Waals surface area contributed by atoms with Gasteiger partial charge >= 0.3 is 0 Å². The number of rotatable bonds is 3. The van der Waals surface area contributed by atoms with Crippen molar-refractivity contribution in [3.8, 4) is 11.8 Å². The van der Waals surface area contributed by atoms with Crippen molar-refractivity contribution < 1.29 is 5.11 Å². The molecule has 1 aliphatic heterocycles. The fourth-order valence-corrected chi connectivity index (χ4v) is 4.03. The number of nitriles is 1. The number of aromatic hydroxyl groups is 1. The quantitative estimate of drug-likeness (QED) is 0.316. The Kier molecular flexibility index (Phi) is 5.76. The molecular formula is C19H21IN4O. The lowest BCUT2D eigenvalue weighted by molar-refractivity contribution is 0.311. The Balaban J connectivity index is 2.11. The standard InChI is InChI=1S/C19H21IN4O/c20-10-15(11-21)19-23-12-17(13-6-8-16(25)9-7-13)18(24(19)22)14-4-2-1-3-5-14/h6-9,12,14,25H,1-5,10,22H2/b19-15+. The second-order valence-electron chi connectivity index (χ2n) is 6.36. The van der Waals surface area contributed by atoms with Crippen LogP contribution in [0, 0.1) is 17.2 Å². The first-order valence-corrected chi connectivity index (χ1v) is 10.00. The van der Waals surface area contributed by atoms with Gasteiger partial charge in [0, 0.05) is 27.8 Å². The van der Waals surface area contributed by atoms with Gasteiger partial charge in [0.05, 0.1) is 11.6 Å². The molecular weight excluding hydrogens is 427 g/mol. The minimum absolute atomic E-state index is 0.234. The van der Waals surface area contributed by atoms with Crippen molar-refractivity contribution in [2.45, 2.75) is 32.1 Å². The van der Waals surface area contributed by atoms with E-state index in [1.54, 1.807) is 17.1 Å². The molecule has 5 nitrogen and oxygen atoms in total. The molecule has 25 heavy (non-hydrogen) atoms. The minimum atomic E-state index is 0.234. The maximum atomic E-state index is 9.57. The van der Waals surface area contributed by atoms with Crippen LogP contribution in [0.2, 0.25) is 0 Å². The summed E-state index contributed by atoms with van der Waals surface area (Å²) in [4.78, 5) is 4.49. The minimum Gasteiger partial charge on any atom is -0.508 e. The molecule has 0 saturated heterocycles. The van der Waals surface area contributed by atoms with Gasteiger partial charge in [0.25, 0.3) is 0 Å². The van der Waals surface area contributed by atoms with Crippen molar-refractivity contribution in [1.29, 1.82) is 5.26 Å². The number of allylic oxidation sites excluding steroid dienone is 3. The van der Waals surface area contributed by atoms with Crippen LogP contribution in [-0.4, -0.2) is 20.8 Å².